The molecule has 1 amide bonds. The molecule has 0 aliphatic rings. The molecule has 0 aliphatic carbocycles. The van der Waals surface area contributed by atoms with Crippen LogP contribution in [0.25, 0.3) is 0 Å². The molecule has 2 heterocycles. The van der Waals surface area contributed by atoms with Crippen LogP contribution in [-0.4, -0.2) is 33.8 Å². The lowest BCUT2D eigenvalue weighted by molar-refractivity contribution is 0.0826. The molecule has 2 aromatic heterocycles. The largest absolute Gasteiger partial charge is 0.345 e. The fourth-order valence-electron chi connectivity index (χ4n) is 1.70. The molecular weight excluding hydrogens is 262 g/mol. The summed E-state index contributed by atoms with van der Waals surface area (Å²) in [5, 5.41) is 0. The number of carbonyl (C=O) groups excluding carboxylic acids is 1. The minimum absolute atomic E-state index is 0.116. The molecule has 0 saturated carbocycles. The Kier molecular flexibility index (Phi) is 3.80. The van der Waals surface area contributed by atoms with Crippen LogP contribution in [0.4, 0.5) is 0 Å². The smallest absolute Gasteiger partial charge is 0.254 e. The Labute approximate surface area is 115 Å². The molecule has 0 N–H and O–H groups in total. The molecule has 0 radical (unpaired) electrons. The van der Waals surface area contributed by atoms with E-state index in [-0.39, 0.29) is 11.5 Å². The highest BCUT2D eigenvalue weighted by Crippen LogP contribution is 2.10. The number of aromatic nitrogens is 2. The van der Waals surface area contributed by atoms with Gasteiger partial charge < -0.3 is 9.47 Å². The molecule has 0 saturated heterocycles. The lowest BCUT2D eigenvalue weighted by Gasteiger charge is -2.11. The maximum absolute atomic E-state index is 11.9. The van der Waals surface area contributed by atoms with Crippen molar-refractivity contribution in [2.45, 2.75) is 13.5 Å². The zero-order valence-electron chi connectivity index (χ0n) is 11.1. The van der Waals surface area contributed by atoms with Gasteiger partial charge in [-0.2, -0.15) is 4.37 Å². The fraction of sp³-hybridized carbons (Fsp3) is 0.308. The van der Waals surface area contributed by atoms with Crippen LogP contribution in [0, 0.1) is 6.92 Å². The third-order valence-electron chi connectivity index (χ3n) is 2.64. The number of amides is 1. The van der Waals surface area contributed by atoms with Crippen molar-refractivity contribution >= 4 is 17.4 Å². The van der Waals surface area contributed by atoms with Crippen molar-refractivity contribution in [2.75, 3.05) is 14.1 Å². The molecule has 0 spiro atoms. The van der Waals surface area contributed by atoms with Crippen molar-refractivity contribution in [1.82, 2.24) is 13.8 Å². The Hall–Kier alpha value is -1.95. The highest BCUT2D eigenvalue weighted by atomic mass is 32.1. The molecule has 0 fully saturated rings. The fourth-order valence-corrected chi connectivity index (χ4v) is 2.43. The molecule has 0 unspecified atom stereocenters. The number of aryl methyl sites for hydroxylation is 1. The molecule has 0 bridgehead atoms. The van der Waals surface area contributed by atoms with Gasteiger partial charge in [-0.05, 0) is 30.6 Å². The summed E-state index contributed by atoms with van der Waals surface area (Å²) in [5.74, 6) is -0.116. The van der Waals surface area contributed by atoms with E-state index in [1.165, 1.54) is 27.1 Å². The lowest BCUT2D eigenvalue weighted by Crippen LogP contribution is -2.25. The molecule has 6 heteroatoms. The van der Waals surface area contributed by atoms with E-state index in [4.69, 9.17) is 0 Å². The SMILES string of the molecule is Cc1cc(Cn2cc(C(=O)N(C)C)ccc2=O)sn1. The Morgan fingerprint density at radius 1 is 1.42 bits per heavy atom. The lowest BCUT2D eigenvalue weighted by atomic mass is 10.2. The van der Waals surface area contributed by atoms with E-state index in [9.17, 15) is 9.59 Å². The van der Waals surface area contributed by atoms with Crippen LogP contribution in [0.1, 0.15) is 20.9 Å². The van der Waals surface area contributed by atoms with Crippen LogP contribution in [0.15, 0.2) is 29.2 Å². The maximum atomic E-state index is 11.9. The van der Waals surface area contributed by atoms with Gasteiger partial charge in [0, 0.05) is 31.2 Å². The summed E-state index contributed by atoms with van der Waals surface area (Å²) >= 11 is 1.37. The van der Waals surface area contributed by atoms with Crippen LogP contribution in [0.2, 0.25) is 0 Å². The van der Waals surface area contributed by atoms with Gasteiger partial charge in [0.25, 0.3) is 11.5 Å². The van der Waals surface area contributed by atoms with E-state index in [0.29, 0.717) is 12.1 Å². The van der Waals surface area contributed by atoms with E-state index >= 15 is 0 Å². The van der Waals surface area contributed by atoms with Crippen LogP contribution >= 0.6 is 11.5 Å². The first-order valence-electron chi connectivity index (χ1n) is 5.81. The van der Waals surface area contributed by atoms with Crippen molar-refractivity contribution in [2.24, 2.45) is 0 Å². The van der Waals surface area contributed by atoms with Gasteiger partial charge in [-0.15, -0.1) is 0 Å². The maximum Gasteiger partial charge on any atom is 0.254 e. The Morgan fingerprint density at radius 3 is 2.74 bits per heavy atom. The third-order valence-corrected chi connectivity index (χ3v) is 3.50. The zero-order valence-corrected chi connectivity index (χ0v) is 11.9. The number of hydrogen-bond acceptors (Lipinski definition) is 4. The van der Waals surface area contributed by atoms with E-state index < -0.39 is 0 Å². The minimum atomic E-state index is -0.124. The van der Waals surface area contributed by atoms with Crippen molar-refractivity contribution in [1.29, 1.82) is 0 Å². The molecule has 2 rings (SSSR count). The van der Waals surface area contributed by atoms with Crippen molar-refractivity contribution in [3.05, 3.63) is 50.9 Å². The normalized spacial score (nSPS) is 10.5. The Morgan fingerprint density at radius 2 is 2.16 bits per heavy atom. The van der Waals surface area contributed by atoms with Crippen molar-refractivity contribution in [3.63, 3.8) is 0 Å². The highest BCUT2D eigenvalue weighted by molar-refractivity contribution is 7.05. The molecule has 100 valence electrons. The molecule has 19 heavy (non-hydrogen) atoms. The van der Waals surface area contributed by atoms with E-state index in [0.717, 1.165) is 10.6 Å². The summed E-state index contributed by atoms with van der Waals surface area (Å²) in [6, 6.07) is 4.92. The molecular formula is C13H15N3O2S. The van der Waals surface area contributed by atoms with Gasteiger partial charge in [-0.1, -0.05) is 0 Å². The van der Waals surface area contributed by atoms with Crippen LogP contribution in [0.3, 0.4) is 0 Å². The van der Waals surface area contributed by atoms with Gasteiger partial charge in [0.2, 0.25) is 0 Å². The standard InChI is InChI=1S/C13H15N3O2S/c1-9-6-11(19-14-9)8-16-7-10(4-5-12(16)17)13(18)15(2)3/h4-7H,8H2,1-3H3. The summed E-state index contributed by atoms with van der Waals surface area (Å²) in [4.78, 5) is 26.1. The average Bonchev–Trinajstić information content (AvgIpc) is 2.76. The highest BCUT2D eigenvalue weighted by Gasteiger charge is 2.10. The molecule has 0 aromatic carbocycles. The van der Waals surface area contributed by atoms with Gasteiger partial charge in [0.05, 0.1) is 17.8 Å². The number of pyridine rings is 1. The van der Waals surface area contributed by atoms with Gasteiger partial charge in [-0.25, -0.2) is 0 Å². The van der Waals surface area contributed by atoms with Crippen LogP contribution in [-0.2, 0) is 6.54 Å². The quantitative estimate of drug-likeness (QED) is 0.851. The van der Waals surface area contributed by atoms with Crippen molar-refractivity contribution < 1.29 is 4.79 Å². The monoisotopic (exact) mass is 277 g/mol. The van der Waals surface area contributed by atoms with Crippen LogP contribution in [0.5, 0.6) is 0 Å². The summed E-state index contributed by atoms with van der Waals surface area (Å²) < 4.78 is 5.71. The predicted molar refractivity (Wildman–Crippen MR) is 74.7 cm³/mol. The van der Waals surface area contributed by atoms with Crippen molar-refractivity contribution in [3.8, 4) is 0 Å². The zero-order chi connectivity index (χ0) is 14.0. The summed E-state index contributed by atoms with van der Waals surface area (Å²) in [6.07, 6.45) is 1.60. The second-order valence-electron chi connectivity index (χ2n) is 4.52. The molecule has 0 aliphatic heterocycles. The minimum Gasteiger partial charge on any atom is -0.345 e. The second kappa shape index (κ2) is 5.36. The first-order chi connectivity index (χ1) is 8.97. The second-order valence-corrected chi connectivity index (χ2v) is 5.41. The van der Waals surface area contributed by atoms with Gasteiger partial charge in [-0.3, -0.25) is 9.59 Å². The summed E-state index contributed by atoms with van der Waals surface area (Å²) in [5.41, 5.74) is 1.32. The topological polar surface area (TPSA) is 55.2 Å². The number of nitrogens with zero attached hydrogens (tertiary/aromatic N) is 3. The molecule has 5 nitrogen and oxygen atoms in total. The van der Waals surface area contributed by atoms with E-state index in [1.54, 1.807) is 26.4 Å². The van der Waals surface area contributed by atoms with E-state index in [1.807, 2.05) is 13.0 Å². The average molecular weight is 277 g/mol. The molecule has 0 atom stereocenters. The number of hydrogen-bond donors (Lipinski definition) is 0. The Balaban J connectivity index is 2.32. The third kappa shape index (κ3) is 3.08. The number of rotatable bonds is 3. The Bertz CT molecular complexity index is 658. The molecule has 2 aromatic rings. The summed E-state index contributed by atoms with van der Waals surface area (Å²) in [7, 11) is 3.37. The first-order valence-corrected chi connectivity index (χ1v) is 6.59. The van der Waals surface area contributed by atoms with Gasteiger partial charge in [0.1, 0.15) is 0 Å². The number of carbonyl (C=O) groups is 1. The van der Waals surface area contributed by atoms with E-state index in [2.05, 4.69) is 4.37 Å². The van der Waals surface area contributed by atoms with Crippen LogP contribution < -0.4 is 5.56 Å². The van der Waals surface area contributed by atoms with Gasteiger partial charge in [0.15, 0.2) is 0 Å². The predicted octanol–water partition coefficient (Wildman–Crippen LogP) is 1.36. The summed E-state index contributed by atoms with van der Waals surface area (Å²) in [6.45, 7) is 2.35. The van der Waals surface area contributed by atoms with Gasteiger partial charge >= 0.3 is 0 Å². The first kappa shape index (κ1) is 13.5.